The Kier molecular flexibility index (Phi) is 6.02. The van der Waals surface area contributed by atoms with Gasteiger partial charge in [0.15, 0.2) is 9.84 Å². The summed E-state index contributed by atoms with van der Waals surface area (Å²) in [6.45, 7) is 3.28. The highest BCUT2D eigenvalue weighted by Crippen LogP contribution is 2.37. The van der Waals surface area contributed by atoms with Gasteiger partial charge in [-0.2, -0.15) is 0 Å². The van der Waals surface area contributed by atoms with Gasteiger partial charge in [-0.3, -0.25) is 9.59 Å². The van der Waals surface area contributed by atoms with Crippen molar-refractivity contribution < 1.29 is 18.0 Å². The molecule has 9 heteroatoms. The normalized spacial score (nSPS) is 17.4. The summed E-state index contributed by atoms with van der Waals surface area (Å²) in [4.78, 5) is 25.0. The van der Waals surface area contributed by atoms with Gasteiger partial charge in [0, 0.05) is 22.0 Å². The number of benzene rings is 2. The van der Waals surface area contributed by atoms with Crippen LogP contribution in [0, 0.1) is 0 Å². The van der Waals surface area contributed by atoms with E-state index in [4.69, 9.17) is 11.6 Å². The molecule has 0 bridgehead atoms. The molecule has 2 aromatic rings. The molecule has 0 fully saturated rings. The molecule has 148 valence electrons. The van der Waals surface area contributed by atoms with Gasteiger partial charge in [-0.25, -0.2) is 8.42 Å². The van der Waals surface area contributed by atoms with Crippen LogP contribution in [0.25, 0.3) is 0 Å². The summed E-state index contributed by atoms with van der Waals surface area (Å²) in [5, 5.41) is 4.77. The standard InChI is InChI=1S/C19H19ClN2O4S2/c1-11(9-18(23)21-14-5-3-13(20)4-6-14)28(25,26)15-7-8-17-16(10-15)22-19(24)12(2)27-17/h3-8,10-12H,9H2,1-2H3,(H,21,23)(H,22,24)/t11-,12-/m1/s1. The number of carbonyl (C=O) groups is 2. The van der Waals surface area contributed by atoms with Crippen LogP contribution in [0.4, 0.5) is 11.4 Å². The van der Waals surface area contributed by atoms with E-state index in [9.17, 15) is 18.0 Å². The smallest absolute Gasteiger partial charge is 0.237 e. The van der Waals surface area contributed by atoms with Gasteiger partial charge < -0.3 is 10.6 Å². The van der Waals surface area contributed by atoms with Crippen molar-refractivity contribution in [1.29, 1.82) is 0 Å². The zero-order chi connectivity index (χ0) is 20.5. The van der Waals surface area contributed by atoms with E-state index in [1.54, 1.807) is 37.3 Å². The molecular formula is C19H19ClN2O4S2. The summed E-state index contributed by atoms with van der Waals surface area (Å²) in [5.41, 5.74) is 1.02. The van der Waals surface area contributed by atoms with E-state index >= 15 is 0 Å². The van der Waals surface area contributed by atoms with Gasteiger partial charge in [-0.1, -0.05) is 11.6 Å². The van der Waals surface area contributed by atoms with Gasteiger partial charge >= 0.3 is 0 Å². The fraction of sp³-hybridized carbons (Fsp3) is 0.263. The Morgan fingerprint density at radius 3 is 2.61 bits per heavy atom. The van der Waals surface area contributed by atoms with Crippen molar-refractivity contribution in [3.63, 3.8) is 0 Å². The molecule has 0 unspecified atom stereocenters. The maximum absolute atomic E-state index is 12.9. The van der Waals surface area contributed by atoms with Crippen molar-refractivity contribution in [1.82, 2.24) is 0 Å². The Hall–Kier alpha value is -2.03. The van der Waals surface area contributed by atoms with E-state index < -0.39 is 21.0 Å². The number of rotatable bonds is 5. The van der Waals surface area contributed by atoms with Crippen molar-refractivity contribution in [2.45, 2.75) is 40.6 Å². The summed E-state index contributed by atoms with van der Waals surface area (Å²) in [6.07, 6.45) is -0.194. The van der Waals surface area contributed by atoms with Gasteiger partial charge in [0.05, 0.1) is 21.1 Å². The molecule has 0 radical (unpaired) electrons. The first-order valence-electron chi connectivity index (χ1n) is 8.57. The van der Waals surface area contributed by atoms with E-state index in [0.717, 1.165) is 4.90 Å². The highest BCUT2D eigenvalue weighted by atomic mass is 35.5. The third-order valence-electron chi connectivity index (χ3n) is 4.34. The summed E-state index contributed by atoms with van der Waals surface area (Å²) >= 11 is 7.19. The largest absolute Gasteiger partial charge is 0.326 e. The van der Waals surface area contributed by atoms with Crippen LogP contribution in [-0.4, -0.2) is 30.7 Å². The molecule has 1 aliphatic heterocycles. The monoisotopic (exact) mass is 438 g/mol. The zero-order valence-electron chi connectivity index (χ0n) is 15.2. The number of halogens is 1. The van der Waals surface area contributed by atoms with E-state index in [1.807, 2.05) is 0 Å². The highest BCUT2D eigenvalue weighted by Gasteiger charge is 2.29. The van der Waals surface area contributed by atoms with Gasteiger partial charge in [0.1, 0.15) is 0 Å². The molecule has 2 aromatic carbocycles. The second-order valence-corrected chi connectivity index (χ2v) is 10.7. The Morgan fingerprint density at radius 2 is 1.93 bits per heavy atom. The Bertz CT molecular complexity index is 1020. The summed E-state index contributed by atoms with van der Waals surface area (Å²) < 4.78 is 25.8. The first-order valence-corrected chi connectivity index (χ1v) is 11.4. The third kappa shape index (κ3) is 4.51. The van der Waals surface area contributed by atoms with Gasteiger partial charge in [0.2, 0.25) is 11.8 Å². The first kappa shape index (κ1) is 20.7. The number of fused-ring (bicyclic) bond motifs is 1. The highest BCUT2D eigenvalue weighted by molar-refractivity contribution is 8.01. The Labute approximate surface area is 173 Å². The minimum absolute atomic E-state index is 0.0773. The summed E-state index contributed by atoms with van der Waals surface area (Å²) in [7, 11) is -3.74. The van der Waals surface area contributed by atoms with E-state index in [0.29, 0.717) is 16.4 Å². The maximum atomic E-state index is 12.9. The van der Waals surface area contributed by atoms with Gasteiger partial charge in [-0.05, 0) is 56.3 Å². The van der Waals surface area contributed by atoms with Crippen molar-refractivity contribution in [2.24, 2.45) is 0 Å². The number of anilines is 2. The maximum Gasteiger partial charge on any atom is 0.237 e. The molecule has 3 rings (SSSR count). The quantitative estimate of drug-likeness (QED) is 0.737. The van der Waals surface area contributed by atoms with Crippen molar-refractivity contribution in [2.75, 3.05) is 10.6 Å². The molecule has 0 saturated heterocycles. The number of nitrogens with one attached hydrogen (secondary N) is 2. The Balaban J connectivity index is 1.73. The number of carbonyl (C=O) groups excluding carboxylic acids is 2. The van der Waals surface area contributed by atoms with Crippen LogP contribution in [-0.2, 0) is 19.4 Å². The van der Waals surface area contributed by atoms with Crippen molar-refractivity contribution >= 4 is 56.4 Å². The number of amides is 2. The summed E-state index contributed by atoms with van der Waals surface area (Å²) in [5.74, 6) is -0.573. The number of thioether (sulfide) groups is 1. The lowest BCUT2D eigenvalue weighted by Crippen LogP contribution is -2.27. The lowest BCUT2D eigenvalue weighted by molar-refractivity contribution is -0.116. The van der Waals surface area contributed by atoms with Crippen LogP contribution in [0.5, 0.6) is 0 Å². The lowest BCUT2D eigenvalue weighted by atomic mass is 10.3. The average Bonchev–Trinajstić information content (AvgIpc) is 2.64. The Morgan fingerprint density at radius 1 is 1.25 bits per heavy atom. The van der Waals surface area contributed by atoms with Crippen LogP contribution in [0.2, 0.25) is 5.02 Å². The van der Waals surface area contributed by atoms with Crippen LogP contribution >= 0.6 is 23.4 Å². The van der Waals surface area contributed by atoms with E-state index in [-0.39, 0.29) is 22.5 Å². The second-order valence-electron chi connectivity index (χ2n) is 6.52. The molecule has 2 N–H and O–H groups in total. The van der Waals surface area contributed by atoms with Crippen LogP contribution in [0.15, 0.2) is 52.3 Å². The fourth-order valence-corrected chi connectivity index (χ4v) is 5.14. The van der Waals surface area contributed by atoms with Gasteiger partial charge in [0.25, 0.3) is 0 Å². The van der Waals surface area contributed by atoms with Crippen LogP contribution < -0.4 is 10.6 Å². The van der Waals surface area contributed by atoms with Crippen LogP contribution in [0.1, 0.15) is 20.3 Å². The van der Waals surface area contributed by atoms with Crippen molar-refractivity contribution in [3.8, 4) is 0 Å². The predicted octanol–water partition coefficient (Wildman–Crippen LogP) is 3.96. The van der Waals surface area contributed by atoms with E-state index in [1.165, 1.54) is 30.8 Å². The summed E-state index contributed by atoms with van der Waals surface area (Å²) in [6, 6.07) is 11.2. The fourth-order valence-electron chi connectivity index (χ4n) is 2.71. The SMILES string of the molecule is C[C@H](CC(=O)Nc1ccc(Cl)cc1)S(=O)(=O)c1ccc2c(c1)NC(=O)[C@@H](C)S2. The molecular weight excluding hydrogens is 420 g/mol. The number of hydrogen-bond donors (Lipinski definition) is 2. The molecule has 6 nitrogen and oxygen atoms in total. The molecule has 2 atom stereocenters. The third-order valence-corrected chi connectivity index (χ3v) is 7.91. The average molecular weight is 439 g/mol. The minimum Gasteiger partial charge on any atom is -0.326 e. The van der Waals surface area contributed by atoms with Crippen LogP contribution in [0.3, 0.4) is 0 Å². The molecule has 0 saturated carbocycles. The lowest BCUT2D eigenvalue weighted by Gasteiger charge is -2.22. The topological polar surface area (TPSA) is 92.3 Å². The number of hydrogen-bond acceptors (Lipinski definition) is 5. The molecule has 0 aromatic heterocycles. The number of sulfone groups is 1. The molecule has 0 aliphatic carbocycles. The molecule has 1 aliphatic rings. The molecule has 28 heavy (non-hydrogen) atoms. The zero-order valence-corrected chi connectivity index (χ0v) is 17.6. The second kappa shape index (κ2) is 8.14. The molecule has 0 spiro atoms. The van der Waals surface area contributed by atoms with E-state index in [2.05, 4.69) is 10.6 Å². The van der Waals surface area contributed by atoms with Gasteiger partial charge in [-0.15, -0.1) is 11.8 Å². The first-order chi connectivity index (χ1) is 13.2. The van der Waals surface area contributed by atoms with Crippen molar-refractivity contribution in [3.05, 3.63) is 47.5 Å². The molecule has 1 heterocycles. The molecule has 2 amide bonds. The minimum atomic E-state index is -3.74. The predicted molar refractivity (Wildman–Crippen MR) is 112 cm³/mol.